The molecule has 1 aliphatic rings. The minimum atomic E-state index is -0.592. The van der Waals surface area contributed by atoms with Gasteiger partial charge in [0, 0.05) is 16.5 Å². The number of nitrogens with zero attached hydrogens (tertiary/aromatic N) is 3. The summed E-state index contributed by atoms with van der Waals surface area (Å²) in [5.41, 5.74) is 5.08. The third-order valence-corrected chi connectivity index (χ3v) is 7.87. The van der Waals surface area contributed by atoms with Crippen molar-refractivity contribution in [2.45, 2.75) is 44.3 Å². The SMILES string of the molecule is CCOc1cc(C2C(C(=O)OC)=C(C)Nc3nc(SCc4ccccc4Cl)nn32)ccc1OCc1cccc(C)c1. The van der Waals surface area contributed by atoms with Crippen molar-refractivity contribution in [1.82, 2.24) is 14.8 Å². The molecule has 41 heavy (non-hydrogen) atoms. The molecule has 0 saturated carbocycles. The Morgan fingerprint density at radius 2 is 1.88 bits per heavy atom. The molecule has 0 spiro atoms. The predicted molar refractivity (Wildman–Crippen MR) is 161 cm³/mol. The second-order valence-electron chi connectivity index (χ2n) is 9.52. The molecular formula is C31H31ClN4O4S. The van der Waals surface area contributed by atoms with E-state index < -0.39 is 12.0 Å². The first kappa shape index (κ1) is 28.6. The van der Waals surface area contributed by atoms with Crippen LogP contribution in [-0.2, 0) is 21.9 Å². The summed E-state index contributed by atoms with van der Waals surface area (Å²) in [5, 5.41) is 9.26. The highest BCUT2D eigenvalue weighted by molar-refractivity contribution is 7.98. The predicted octanol–water partition coefficient (Wildman–Crippen LogP) is 6.97. The zero-order valence-corrected chi connectivity index (χ0v) is 24.9. The van der Waals surface area contributed by atoms with Crippen LogP contribution in [0.5, 0.6) is 11.5 Å². The Balaban J connectivity index is 1.48. The monoisotopic (exact) mass is 590 g/mol. The van der Waals surface area contributed by atoms with Gasteiger partial charge in [-0.3, -0.25) is 0 Å². The summed E-state index contributed by atoms with van der Waals surface area (Å²) >= 11 is 7.82. The smallest absolute Gasteiger partial charge is 0.338 e. The summed E-state index contributed by atoms with van der Waals surface area (Å²) in [7, 11) is 1.37. The lowest BCUT2D eigenvalue weighted by molar-refractivity contribution is -0.136. The molecule has 0 bridgehead atoms. The number of carbonyl (C=O) groups is 1. The Hall–Kier alpha value is -3.95. The highest BCUT2D eigenvalue weighted by Crippen LogP contribution is 2.40. The lowest BCUT2D eigenvalue weighted by Crippen LogP contribution is -2.29. The molecule has 1 unspecified atom stereocenters. The van der Waals surface area contributed by atoms with Crippen LogP contribution in [0, 0.1) is 6.92 Å². The van der Waals surface area contributed by atoms with Crippen LogP contribution in [0.1, 0.15) is 42.1 Å². The van der Waals surface area contributed by atoms with E-state index in [1.54, 1.807) is 4.68 Å². The van der Waals surface area contributed by atoms with Gasteiger partial charge in [-0.2, -0.15) is 4.98 Å². The van der Waals surface area contributed by atoms with Gasteiger partial charge in [-0.25, -0.2) is 9.48 Å². The Kier molecular flexibility index (Phi) is 8.85. The highest BCUT2D eigenvalue weighted by atomic mass is 35.5. The van der Waals surface area contributed by atoms with Gasteiger partial charge in [-0.05, 0) is 55.7 Å². The summed E-state index contributed by atoms with van der Waals surface area (Å²) in [5.74, 6) is 1.86. The average molecular weight is 591 g/mol. The topological polar surface area (TPSA) is 87.5 Å². The van der Waals surface area contributed by atoms with Crippen molar-refractivity contribution in [3.05, 3.63) is 105 Å². The van der Waals surface area contributed by atoms with E-state index >= 15 is 0 Å². The second kappa shape index (κ2) is 12.7. The first-order valence-electron chi connectivity index (χ1n) is 13.2. The number of anilines is 1. The molecule has 0 amide bonds. The van der Waals surface area contributed by atoms with Crippen LogP contribution in [0.2, 0.25) is 5.02 Å². The standard InChI is InChI=1S/C31H31ClN4O4S/c1-5-39-26-16-22(13-14-25(26)40-17-21-10-8-9-19(2)15-21)28-27(29(37)38-4)20(3)33-30-34-31(35-36(28)30)41-18-23-11-6-7-12-24(23)32/h6-16,28H,5,17-18H2,1-4H3,(H,33,34,35). The molecule has 1 N–H and O–H groups in total. The van der Waals surface area contributed by atoms with Crippen LogP contribution in [0.3, 0.4) is 0 Å². The molecule has 1 aromatic heterocycles. The van der Waals surface area contributed by atoms with Gasteiger partial charge in [0.15, 0.2) is 11.5 Å². The molecule has 8 nitrogen and oxygen atoms in total. The van der Waals surface area contributed by atoms with E-state index in [0.717, 1.165) is 16.7 Å². The van der Waals surface area contributed by atoms with Crippen LogP contribution in [-0.4, -0.2) is 34.5 Å². The number of methoxy groups -OCH3 is 1. The molecule has 0 aliphatic carbocycles. The van der Waals surface area contributed by atoms with Crippen LogP contribution >= 0.6 is 23.4 Å². The number of ether oxygens (including phenoxy) is 3. The highest BCUT2D eigenvalue weighted by Gasteiger charge is 2.35. The number of fused-ring (bicyclic) bond motifs is 1. The van der Waals surface area contributed by atoms with E-state index in [1.165, 1.54) is 24.4 Å². The van der Waals surface area contributed by atoms with Gasteiger partial charge in [0.05, 0.1) is 19.3 Å². The lowest BCUT2D eigenvalue weighted by atomic mass is 9.95. The maximum Gasteiger partial charge on any atom is 0.338 e. The van der Waals surface area contributed by atoms with Crippen molar-refractivity contribution in [3.8, 4) is 11.5 Å². The summed E-state index contributed by atoms with van der Waals surface area (Å²) < 4.78 is 19.0. The van der Waals surface area contributed by atoms with Crippen molar-refractivity contribution >= 4 is 35.3 Å². The fourth-order valence-corrected chi connectivity index (χ4v) is 5.79. The molecule has 1 atom stereocenters. The molecule has 0 saturated heterocycles. The Morgan fingerprint density at radius 3 is 2.63 bits per heavy atom. The number of esters is 1. The molecular weight excluding hydrogens is 560 g/mol. The number of thioether (sulfide) groups is 1. The number of carbonyl (C=O) groups excluding carboxylic acids is 1. The van der Waals surface area contributed by atoms with Gasteiger partial charge in [0.2, 0.25) is 11.1 Å². The van der Waals surface area contributed by atoms with Gasteiger partial charge >= 0.3 is 5.97 Å². The fraction of sp³-hybridized carbons (Fsp3) is 0.258. The molecule has 1 aliphatic heterocycles. The van der Waals surface area contributed by atoms with E-state index in [1.807, 2.05) is 68.4 Å². The Morgan fingerprint density at radius 1 is 1.05 bits per heavy atom. The van der Waals surface area contributed by atoms with Crippen LogP contribution in [0.25, 0.3) is 0 Å². The molecule has 2 heterocycles. The van der Waals surface area contributed by atoms with Gasteiger partial charge < -0.3 is 19.5 Å². The zero-order valence-electron chi connectivity index (χ0n) is 23.3. The largest absolute Gasteiger partial charge is 0.490 e. The fourth-order valence-electron chi connectivity index (χ4n) is 4.68. The van der Waals surface area contributed by atoms with Crippen molar-refractivity contribution < 1.29 is 19.0 Å². The molecule has 212 valence electrons. The number of allylic oxidation sites excluding steroid dienone is 1. The number of rotatable bonds is 10. The quantitative estimate of drug-likeness (QED) is 0.156. The summed E-state index contributed by atoms with van der Waals surface area (Å²) in [6, 6.07) is 21.0. The maximum absolute atomic E-state index is 13.0. The first-order chi connectivity index (χ1) is 19.9. The summed E-state index contributed by atoms with van der Waals surface area (Å²) in [6.07, 6.45) is 0. The van der Waals surface area contributed by atoms with E-state index in [-0.39, 0.29) is 0 Å². The van der Waals surface area contributed by atoms with Crippen molar-refractivity contribution in [1.29, 1.82) is 0 Å². The number of hydrogen-bond donors (Lipinski definition) is 1. The third-order valence-electron chi connectivity index (χ3n) is 6.61. The zero-order chi connectivity index (χ0) is 28.9. The minimum Gasteiger partial charge on any atom is -0.490 e. The maximum atomic E-state index is 13.0. The van der Waals surface area contributed by atoms with E-state index in [2.05, 4.69) is 24.4 Å². The normalized spacial score (nSPS) is 14.3. The molecule has 3 aromatic carbocycles. The number of aryl methyl sites for hydroxylation is 1. The number of aromatic nitrogens is 3. The van der Waals surface area contributed by atoms with Crippen LogP contribution < -0.4 is 14.8 Å². The Bertz CT molecular complexity index is 1600. The van der Waals surface area contributed by atoms with E-state index in [0.29, 0.717) is 57.9 Å². The summed E-state index contributed by atoms with van der Waals surface area (Å²) in [6.45, 7) is 6.66. The Labute approximate surface area is 248 Å². The molecule has 5 rings (SSSR count). The molecule has 0 fully saturated rings. The van der Waals surface area contributed by atoms with Crippen LogP contribution in [0.4, 0.5) is 5.95 Å². The molecule has 10 heteroatoms. The molecule has 4 aromatic rings. The molecule has 0 radical (unpaired) electrons. The van der Waals surface area contributed by atoms with E-state index in [4.69, 9.17) is 35.9 Å². The van der Waals surface area contributed by atoms with Crippen molar-refractivity contribution in [2.75, 3.05) is 19.0 Å². The van der Waals surface area contributed by atoms with Gasteiger partial charge in [-0.15, -0.1) is 5.10 Å². The second-order valence-corrected chi connectivity index (χ2v) is 10.9. The van der Waals surface area contributed by atoms with Crippen LogP contribution in [0.15, 0.2) is 83.2 Å². The van der Waals surface area contributed by atoms with Crippen molar-refractivity contribution in [2.24, 2.45) is 0 Å². The van der Waals surface area contributed by atoms with Gasteiger partial charge in [-0.1, -0.05) is 77.5 Å². The van der Waals surface area contributed by atoms with Crippen molar-refractivity contribution in [3.63, 3.8) is 0 Å². The summed E-state index contributed by atoms with van der Waals surface area (Å²) in [4.78, 5) is 17.7. The number of hydrogen-bond acceptors (Lipinski definition) is 8. The average Bonchev–Trinajstić information content (AvgIpc) is 3.37. The number of halogens is 1. The number of nitrogens with one attached hydrogen (secondary N) is 1. The minimum absolute atomic E-state index is 0.403. The third kappa shape index (κ3) is 6.36. The number of benzene rings is 3. The van der Waals surface area contributed by atoms with E-state index in [9.17, 15) is 4.79 Å². The van der Waals surface area contributed by atoms with Gasteiger partial charge in [0.1, 0.15) is 12.6 Å². The lowest BCUT2D eigenvalue weighted by Gasteiger charge is -2.28. The van der Waals surface area contributed by atoms with Gasteiger partial charge in [0.25, 0.3) is 0 Å². The first-order valence-corrected chi connectivity index (χ1v) is 14.6.